The first kappa shape index (κ1) is 41.5. The van der Waals surface area contributed by atoms with Gasteiger partial charge in [0.05, 0.1) is 0 Å². The molecule has 0 heterocycles. The normalized spacial score (nSPS) is 22.7. The summed E-state index contributed by atoms with van der Waals surface area (Å²) in [7, 11) is 0. The monoisotopic (exact) mass is 840 g/mol. The van der Waals surface area contributed by atoms with Crippen LogP contribution in [0.5, 0.6) is 0 Å². The Bertz CT molecular complexity index is 2280. The van der Waals surface area contributed by atoms with E-state index in [4.69, 9.17) is 0 Å². The highest BCUT2D eigenvalue weighted by atomic mass is 16.2. The molecule has 63 heavy (non-hydrogen) atoms. The van der Waals surface area contributed by atoms with Crippen molar-refractivity contribution >= 4 is 81.0 Å². The Morgan fingerprint density at radius 3 is 0.317 bits per heavy atom. The van der Waals surface area contributed by atoms with Crippen molar-refractivity contribution < 1.29 is 67.1 Å². The Morgan fingerprint density at radius 1 is 0.159 bits per heavy atom. The van der Waals surface area contributed by atoms with Gasteiger partial charge in [0.15, 0.2) is 81.0 Å². The summed E-state index contributed by atoms with van der Waals surface area (Å²) in [6.07, 6.45) is 9.73. The van der Waals surface area contributed by atoms with Gasteiger partial charge in [0.2, 0.25) is 0 Å². The van der Waals surface area contributed by atoms with Crippen molar-refractivity contribution in [1.29, 1.82) is 0 Å². The third kappa shape index (κ3) is 8.29. The lowest BCUT2D eigenvalue weighted by molar-refractivity contribution is -0.117. The predicted octanol–water partition coefficient (Wildman–Crippen LogP) is 2.76. The van der Waals surface area contributed by atoms with Crippen LogP contribution in [0.4, 0.5) is 0 Å². The van der Waals surface area contributed by atoms with Crippen molar-refractivity contribution in [3.63, 3.8) is 0 Å². The maximum absolute atomic E-state index is 13.8. The van der Waals surface area contributed by atoms with Crippen LogP contribution < -0.4 is 0 Å². The Balaban J connectivity index is 1.14. The van der Waals surface area contributed by atoms with Gasteiger partial charge in [-0.3, -0.25) is 67.1 Å². The molecule has 0 aromatic carbocycles. The van der Waals surface area contributed by atoms with Crippen LogP contribution >= 0.6 is 0 Å². The number of Topliss-reactive ketones (excluding diaryl/α,β-unsaturated/α-hetero) is 7. The molecule has 0 aromatic heterocycles. The smallest absolute Gasteiger partial charge is 0.185 e. The molecule has 14 heteroatoms. The molecule has 0 amide bonds. The molecule has 1 saturated carbocycles. The van der Waals surface area contributed by atoms with E-state index in [1.54, 1.807) is 0 Å². The Labute approximate surface area is 355 Å². The van der Waals surface area contributed by atoms with Crippen LogP contribution in [0.3, 0.4) is 0 Å². The molecule has 0 aliphatic heterocycles. The van der Waals surface area contributed by atoms with Gasteiger partial charge in [0, 0.05) is 123 Å². The summed E-state index contributed by atoms with van der Waals surface area (Å²) in [6.45, 7) is 0. The maximum Gasteiger partial charge on any atom is 0.185 e. The Kier molecular flexibility index (Phi) is 10.5. The fraction of sp³-hybridized carbons (Fsp3) is 0.143. The number of fused-ring (bicyclic) bond motifs is 14. The number of allylic oxidation sites excluding steroid dienone is 28. The van der Waals surface area contributed by atoms with Crippen LogP contribution in [-0.2, 0) is 67.1 Å². The molecular weight excluding hydrogens is 813 g/mol. The molecular formula is C49H28O14. The summed E-state index contributed by atoms with van der Waals surface area (Å²) in [5, 5.41) is 0. The average molecular weight is 841 g/mol. The zero-order chi connectivity index (χ0) is 45.0. The number of rotatable bonds is 0. The Hall–Kier alpha value is -8.26. The fourth-order valence-electron chi connectivity index (χ4n) is 8.33. The van der Waals surface area contributed by atoms with Crippen molar-refractivity contribution in [3.05, 3.63) is 163 Å². The molecule has 0 unspecified atom stereocenters. The minimum Gasteiger partial charge on any atom is -0.290 e. The fourth-order valence-corrected chi connectivity index (χ4v) is 8.33. The summed E-state index contributed by atoms with van der Waals surface area (Å²) in [5.41, 5.74) is -3.13. The van der Waals surface area contributed by atoms with E-state index in [0.717, 1.165) is 85.1 Å². The molecule has 8 aliphatic rings. The van der Waals surface area contributed by atoms with Gasteiger partial charge in [-0.15, -0.1) is 0 Å². The van der Waals surface area contributed by atoms with Crippen LogP contribution in [-0.4, -0.2) is 81.0 Å². The number of hydrogen-bond donors (Lipinski definition) is 0. The summed E-state index contributed by atoms with van der Waals surface area (Å²) in [5.74, 6) is -10.3. The second kappa shape index (κ2) is 16.0. The third-order valence-corrected chi connectivity index (χ3v) is 11.2. The first-order valence-electron chi connectivity index (χ1n) is 19.4. The SMILES string of the molecule is O=C1C=C2CC3=CC(=O)C=C(CC4=CC(=O)C=C(CC5=CC(=O)C=C(CC6=CC(=O)C=C(CC7=CC(=O)C=C(CC8=CC(=O)C=C(CC(=C1)C2=O)C8=O)C7=O)C6=O)C5=O)C4=O)C3=O. The average Bonchev–Trinajstić information content (AvgIpc) is 3.20. The zero-order valence-corrected chi connectivity index (χ0v) is 32.7. The van der Waals surface area contributed by atoms with Crippen LogP contribution in [0.2, 0.25) is 0 Å². The lowest BCUT2D eigenvalue weighted by Gasteiger charge is -2.22. The lowest BCUT2D eigenvalue weighted by Crippen LogP contribution is -2.24. The molecule has 8 rings (SSSR count). The van der Waals surface area contributed by atoms with Crippen molar-refractivity contribution in [3.8, 4) is 0 Å². The van der Waals surface area contributed by atoms with Crippen LogP contribution in [0, 0.1) is 0 Å². The second-order valence-corrected chi connectivity index (χ2v) is 15.7. The molecule has 308 valence electrons. The first-order valence-corrected chi connectivity index (χ1v) is 19.4. The molecule has 14 bridgehead atoms. The lowest BCUT2D eigenvalue weighted by atomic mass is 9.79. The highest BCUT2D eigenvalue weighted by Gasteiger charge is 2.35. The molecule has 1 fully saturated rings. The summed E-state index contributed by atoms with van der Waals surface area (Å²) in [4.78, 5) is 187. The van der Waals surface area contributed by atoms with E-state index in [-0.39, 0.29) is 78.0 Å². The molecule has 0 N–H and O–H groups in total. The molecule has 0 atom stereocenters. The van der Waals surface area contributed by atoms with Gasteiger partial charge in [-0.1, -0.05) is 0 Å². The molecule has 0 radical (unpaired) electrons. The molecule has 0 aromatic rings. The number of carbonyl (C=O) groups excluding carboxylic acids is 14. The van der Waals surface area contributed by atoms with Crippen molar-refractivity contribution in [1.82, 2.24) is 0 Å². The minimum absolute atomic E-state index is 0.223. The van der Waals surface area contributed by atoms with Crippen molar-refractivity contribution in [2.24, 2.45) is 0 Å². The standard InChI is InChI=1S/C49H28O14/c50-36-8-22-1-23-9-37(51)11-25(44(23)58)3-27-13-39(53)15-29(46(27)60)5-31-17-41(55)19-33(48(31)62)7-35-21-42(56)20-34(49(35)63)6-32-18-40(54)16-30(47(32)61)4-28-14-38(52)12-26(45(28)59)2-24(10-36)43(22)57/h8-21H,1-7H2. The number of ketones is 14. The van der Waals surface area contributed by atoms with Gasteiger partial charge in [-0.25, -0.2) is 0 Å². The number of hydrogen-bond acceptors (Lipinski definition) is 14. The van der Waals surface area contributed by atoms with E-state index in [2.05, 4.69) is 0 Å². The maximum atomic E-state index is 13.8. The summed E-state index contributed by atoms with van der Waals surface area (Å²) < 4.78 is 0. The van der Waals surface area contributed by atoms with Crippen molar-refractivity contribution in [2.75, 3.05) is 0 Å². The molecule has 0 saturated heterocycles. The highest BCUT2D eigenvalue weighted by molar-refractivity contribution is 6.30. The van der Waals surface area contributed by atoms with Gasteiger partial charge in [0.25, 0.3) is 0 Å². The predicted molar refractivity (Wildman–Crippen MR) is 216 cm³/mol. The highest BCUT2D eigenvalue weighted by Crippen LogP contribution is 2.35. The van der Waals surface area contributed by atoms with E-state index in [1.165, 1.54) is 0 Å². The largest absolute Gasteiger partial charge is 0.290 e. The molecule has 8 aliphatic carbocycles. The van der Waals surface area contributed by atoms with Crippen LogP contribution in [0.15, 0.2) is 163 Å². The summed E-state index contributed by atoms with van der Waals surface area (Å²) >= 11 is 0. The Morgan fingerprint density at radius 2 is 0.238 bits per heavy atom. The van der Waals surface area contributed by atoms with Crippen molar-refractivity contribution in [2.45, 2.75) is 44.9 Å². The minimum atomic E-state index is -0.778. The van der Waals surface area contributed by atoms with E-state index >= 15 is 0 Å². The third-order valence-electron chi connectivity index (χ3n) is 11.2. The summed E-state index contributed by atoms with van der Waals surface area (Å²) in [6, 6.07) is 0. The molecule has 0 spiro atoms. The first-order chi connectivity index (χ1) is 29.9. The quantitative estimate of drug-likeness (QED) is 0.319. The van der Waals surface area contributed by atoms with Gasteiger partial charge in [0.1, 0.15) is 0 Å². The van der Waals surface area contributed by atoms with Gasteiger partial charge in [-0.2, -0.15) is 0 Å². The number of carbonyl (C=O) groups is 14. The van der Waals surface area contributed by atoms with E-state index in [9.17, 15) is 67.1 Å². The second-order valence-electron chi connectivity index (χ2n) is 15.7. The van der Waals surface area contributed by atoms with E-state index in [0.29, 0.717) is 0 Å². The van der Waals surface area contributed by atoms with E-state index in [1.807, 2.05) is 0 Å². The molecule has 14 nitrogen and oxygen atoms in total. The van der Waals surface area contributed by atoms with Crippen LogP contribution in [0.25, 0.3) is 0 Å². The zero-order valence-electron chi connectivity index (χ0n) is 32.7. The van der Waals surface area contributed by atoms with Gasteiger partial charge in [-0.05, 0) is 85.1 Å². The van der Waals surface area contributed by atoms with Crippen LogP contribution in [0.1, 0.15) is 44.9 Å². The van der Waals surface area contributed by atoms with Gasteiger partial charge >= 0.3 is 0 Å². The van der Waals surface area contributed by atoms with Gasteiger partial charge < -0.3 is 0 Å². The van der Waals surface area contributed by atoms with E-state index < -0.39 is 126 Å². The topological polar surface area (TPSA) is 239 Å².